The summed E-state index contributed by atoms with van der Waals surface area (Å²) in [5, 5.41) is 15.7. The maximum absolute atomic E-state index is 14.1. The summed E-state index contributed by atoms with van der Waals surface area (Å²) in [6.07, 6.45) is -1.18. The smallest absolute Gasteiger partial charge is 0.344 e. The lowest BCUT2D eigenvalue weighted by atomic mass is 10.1. The highest BCUT2D eigenvalue weighted by molar-refractivity contribution is 6.05. The molecule has 0 saturated carbocycles. The molecule has 0 aliphatic rings. The third kappa shape index (κ3) is 3.96. The number of halogens is 1. The van der Waals surface area contributed by atoms with E-state index in [0.717, 1.165) is 11.8 Å². The van der Waals surface area contributed by atoms with Crippen LogP contribution in [0.5, 0.6) is 5.75 Å². The Morgan fingerprint density at radius 3 is 2.60 bits per heavy atom. The molecule has 0 bridgehead atoms. The second kappa shape index (κ2) is 7.33. The van der Waals surface area contributed by atoms with Crippen LogP contribution in [0.15, 0.2) is 18.2 Å². The SMILES string of the molecule is CCn1nc(C)c(C(=O)Nc2ccc(OC(C)C(=O)O)c(F)c2)c1C. The quantitative estimate of drug-likeness (QED) is 0.836. The molecule has 0 spiro atoms. The van der Waals surface area contributed by atoms with Crippen molar-refractivity contribution in [3.05, 3.63) is 41.0 Å². The number of amides is 1. The fourth-order valence-electron chi connectivity index (χ4n) is 2.44. The average Bonchev–Trinajstić information content (AvgIpc) is 2.83. The molecule has 134 valence electrons. The molecule has 7 nitrogen and oxygen atoms in total. The van der Waals surface area contributed by atoms with Gasteiger partial charge in [-0.05, 0) is 39.8 Å². The lowest BCUT2D eigenvalue weighted by Crippen LogP contribution is -2.23. The summed E-state index contributed by atoms with van der Waals surface area (Å²) in [5.74, 6) is -2.54. The third-order valence-electron chi connectivity index (χ3n) is 3.75. The zero-order valence-corrected chi connectivity index (χ0v) is 14.5. The molecular formula is C17H20FN3O4. The van der Waals surface area contributed by atoms with Gasteiger partial charge in [-0.3, -0.25) is 9.48 Å². The summed E-state index contributed by atoms with van der Waals surface area (Å²) < 4.78 is 20.8. The van der Waals surface area contributed by atoms with Gasteiger partial charge in [-0.2, -0.15) is 5.10 Å². The minimum atomic E-state index is -1.20. The van der Waals surface area contributed by atoms with E-state index < -0.39 is 17.9 Å². The number of aryl methyl sites for hydroxylation is 2. The number of hydrogen-bond acceptors (Lipinski definition) is 4. The zero-order chi connectivity index (χ0) is 18.7. The molecule has 0 aliphatic carbocycles. The summed E-state index contributed by atoms with van der Waals surface area (Å²) in [7, 11) is 0. The Kier molecular flexibility index (Phi) is 5.41. The molecule has 1 atom stereocenters. The van der Waals surface area contributed by atoms with Gasteiger partial charge in [0.25, 0.3) is 5.91 Å². The fraction of sp³-hybridized carbons (Fsp3) is 0.353. The number of ether oxygens (including phenoxy) is 1. The van der Waals surface area contributed by atoms with E-state index >= 15 is 0 Å². The van der Waals surface area contributed by atoms with Gasteiger partial charge in [0.05, 0.1) is 11.3 Å². The van der Waals surface area contributed by atoms with E-state index in [0.29, 0.717) is 17.8 Å². The molecule has 1 heterocycles. The molecule has 1 unspecified atom stereocenters. The van der Waals surface area contributed by atoms with Gasteiger partial charge in [0.15, 0.2) is 17.7 Å². The Labute approximate surface area is 144 Å². The maximum atomic E-state index is 14.1. The monoisotopic (exact) mass is 349 g/mol. The van der Waals surface area contributed by atoms with Crippen LogP contribution in [-0.4, -0.2) is 32.9 Å². The number of carboxylic acids is 1. The molecule has 2 aromatic rings. The van der Waals surface area contributed by atoms with Crippen LogP contribution in [0.3, 0.4) is 0 Å². The van der Waals surface area contributed by atoms with E-state index in [-0.39, 0.29) is 17.3 Å². The summed E-state index contributed by atoms with van der Waals surface area (Å²) in [5.41, 5.74) is 2.00. The van der Waals surface area contributed by atoms with E-state index in [4.69, 9.17) is 9.84 Å². The molecule has 0 aliphatic heterocycles. The van der Waals surface area contributed by atoms with Gasteiger partial charge >= 0.3 is 5.97 Å². The number of hydrogen-bond donors (Lipinski definition) is 2. The number of benzene rings is 1. The minimum absolute atomic E-state index is 0.195. The lowest BCUT2D eigenvalue weighted by Gasteiger charge is -2.12. The number of nitrogens with zero attached hydrogens (tertiary/aromatic N) is 2. The van der Waals surface area contributed by atoms with Gasteiger partial charge in [-0.15, -0.1) is 0 Å². The van der Waals surface area contributed by atoms with Crippen molar-refractivity contribution in [1.29, 1.82) is 0 Å². The van der Waals surface area contributed by atoms with Gasteiger partial charge in [0.2, 0.25) is 0 Å². The van der Waals surface area contributed by atoms with Crippen LogP contribution in [0.4, 0.5) is 10.1 Å². The van der Waals surface area contributed by atoms with Gasteiger partial charge in [-0.25, -0.2) is 9.18 Å². The van der Waals surface area contributed by atoms with Crippen molar-refractivity contribution < 1.29 is 23.8 Å². The van der Waals surface area contributed by atoms with Crippen LogP contribution in [0.25, 0.3) is 0 Å². The van der Waals surface area contributed by atoms with Crippen LogP contribution in [0.2, 0.25) is 0 Å². The first kappa shape index (κ1) is 18.4. The number of aliphatic carboxylic acids is 1. The number of anilines is 1. The highest BCUT2D eigenvalue weighted by Crippen LogP contribution is 2.23. The predicted octanol–water partition coefficient (Wildman–Crippen LogP) is 2.76. The van der Waals surface area contributed by atoms with Gasteiger partial charge < -0.3 is 15.2 Å². The van der Waals surface area contributed by atoms with Crippen LogP contribution in [0.1, 0.15) is 35.6 Å². The number of carbonyl (C=O) groups excluding carboxylic acids is 1. The molecule has 1 aromatic carbocycles. The Balaban J connectivity index is 2.18. The van der Waals surface area contributed by atoms with Crippen LogP contribution < -0.4 is 10.1 Å². The van der Waals surface area contributed by atoms with E-state index in [2.05, 4.69) is 10.4 Å². The molecule has 1 aromatic heterocycles. The predicted molar refractivity (Wildman–Crippen MR) is 89.5 cm³/mol. The van der Waals surface area contributed by atoms with Crippen molar-refractivity contribution in [2.75, 3.05) is 5.32 Å². The van der Waals surface area contributed by atoms with E-state index in [1.54, 1.807) is 18.5 Å². The van der Waals surface area contributed by atoms with E-state index in [1.807, 2.05) is 6.92 Å². The van der Waals surface area contributed by atoms with Gasteiger partial charge in [0.1, 0.15) is 0 Å². The van der Waals surface area contributed by atoms with Crippen molar-refractivity contribution in [2.24, 2.45) is 0 Å². The third-order valence-corrected chi connectivity index (χ3v) is 3.75. The first-order chi connectivity index (χ1) is 11.7. The summed E-state index contributed by atoms with van der Waals surface area (Å²) in [6, 6.07) is 3.80. The molecule has 0 fully saturated rings. The lowest BCUT2D eigenvalue weighted by molar-refractivity contribution is -0.144. The van der Waals surface area contributed by atoms with Crippen LogP contribution in [0, 0.1) is 19.7 Å². The van der Waals surface area contributed by atoms with Crippen LogP contribution >= 0.6 is 0 Å². The zero-order valence-electron chi connectivity index (χ0n) is 14.5. The number of carboxylic acid groups (broad SMARTS) is 1. The Morgan fingerprint density at radius 2 is 2.08 bits per heavy atom. The molecule has 25 heavy (non-hydrogen) atoms. The van der Waals surface area contributed by atoms with E-state index in [9.17, 15) is 14.0 Å². The van der Waals surface area contributed by atoms with Crippen molar-refractivity contribution in [3.8, 4) is 5.75 Å². The second-order valence-electron chi connectivity index (χ2n) is 5.56. The summed E-state index contributed by atoms with van der Waals surface area (Å²) >= 11 is 0. The van der Waals surface area contributed by atoms with Gasteiger partial charge in [0, 0.05) is 24.0 Å². The van der Waals surface area contributed by atoms with Crippen molar-refractivity contribution in [1.82, 2.24) is 9.78 Å². The Bertz CT molecular complexity index is 816. The first-order valence-corrected chi connectivity index (χ1v) is 7.79. The highest BCUT2D eigenvalue weighted by Gasteiger charge is 2.19. The van der Waals surface area contributed by atoms with Crippen molar-refractivity contribution in [3.63, 3.8) is 0 Å². The highest BCUT2D eigenvalue weighted by atomic mass is 19.1. The van der Waals surface area contributed by atoms with E-state index in [1.165, 1.54) is 19.1 Å². The number of aromatic nitrogens is 2. The molecule has 2 N–H and O–H groups in total. The maximum Gasteiger partial charge on any atom is 0.344 e. The first-order valence-electron chi connectivity index (χ1n) is 7.79. The molecule has 1 amide bonds. The fourth-order valence-corrected chi connectivity index (χ4v) is 2.44. The van der Waals surface area contributed by atoms with Gasteiger partial charge in [-0.1, -0.05) is 0 Å². The number of carbonyl (C=O) groups is 2. The largest absolute Gasteiger partial charge is 0.479 e. The normalized spacial score (nSPS) is 11.9. The topological polar surface area (TPSA) is 93.5 Å². The molecular weight excluding hydrogens is 329 g/mol. The second-order valence-corrected chi connectivity index (χ2v) is 5.56. The molecule has 8 heteroatoms. The molecule has 0 radical (unpaired) electrons. The number of nitrogens with one attached hydrogen (secondary N) is 1. The summed E-state index contributed by atoms with van der Waals surface area (Å²) in [6.45, 7) is 7.40. The molecule has 0 saturated heterocycles. The Morgan fingerprint density at radius 1 is 1.40 bits per heavy atom. The molecule has 2 rings (SSSR count). The van der Waals surface area contributed by atoms with Crippen molar-refractivity contribution >= 4 is 17.6 Å². The number of rotatable bonds is 6. The Hall–Kier alpha value is -2.90. The average molecular weight is 349 g/mol. The van der Waals surface area contributed by atoms with Crippen LogP contribution in [-0.2, 0) is 11.3 Å². The summed E-state index contributed by atoms with van der Waals surface area (Å²) in [4.78, 5) is 23.2. The van der Waals surface area contributed by atoms with Crippen molar-refractivity contribution in [2.45, 2.75) is 40.3 Å². The minimum Gasteiger partial charge on any atom is -0.479 e. The standard InChI is InChI=1S/C17H20FN3O4/c1-5-21-10(3)15(9(2)20-21)16(22)19-12-6-7-14(13(18)8-12)25-11(4)17(23)24/h6-8,11H,5H2,1-4H3,(H,19,22)(H,23,24).